The number of benzene rings is 2. The summed E-state index contributed by atoms with van der Waals surface area (Å²) in [6, 6.07) is 13.1. The molecular weight excluding hydrogens is 420 g/mol. The molecule has 3 heterocycles. The van der Waals surface area contributed by atoms with Gasteiger partial charge in [-0.25, -0.2) is 9.97 Å². The second-order valence-electron chi connectivity index (χ2n) is 8.11. The largest absolute Gasteiger partial charge is 0.378 e. The first-order valence-corrected chi connectivity index (χ1v) is 10.8. The molecule has 1 aliphatic rings. The highest BCUT2D eigenvalue weighted by Crippen LogP contribution is 2.33. The lowest BCUT2D eigenvalue weighted by Gasteiger charge is -2.28. The Bertz CT molecular complexity index is 1330. The van der Waals surface area contributed by atoms with Crippen molar-refractivity contribution in [2.24, 2.45) is 7.05 Å². The Balaban J connectivity index is 1.43. The van der Waals surface area contributed by atoms with Crippen LogP contribution in [0.5, 0.6) is 0 Å². The van der Waals surface area contributed by atoms with E-state index in [4.69, 9.17) is 9.72 Å². The van der Waals surface area contributed by atoms with Crippen molar-refractivity contribution in [2.45, 2.75) is 6.92 Å². The van der Waals surface area contributed by atoms with Crippen LogP contribution in [0.15, 0.2) is 54.9 Å². The van der Waals surface area contributed by atoms with Crippen LogP contribution in [0.4, 0.5) is 23.0 Å². The molecule has 5 rings (SSSR count). The molecule has 33 heavy (non-hydrogen) atoms. The van der Waals surface area contributed by atoms with E-state index >= 15 is 0 Å². The van der Waals surface area contributed by atoms with E-state index < -0.39 is 0 Å². The molecule has 0 unspecified atom stereocenters. The first-order valence-electron chi connectivity index (χ1n) is 10.8. The van der Waals surface area contributed by atoms with E-state index in [1.807, 2.05) is 36.9 Å². The number of morpholine rings is 1. The molecular formula is C24H24N6O3. The molecule has 0 spiro atoms. The van der Waals surface area contributed by atoms with Crippen molar-refractivity contribution < 1.29 is 9.66 Å². The summed E-state index contributed by atoms with van der Waals surface area (Å²) in [4.78, 5) is 22.3. The summed E-state index contributed by atoms with van der Waals surface area (Å²) in [6.45, 7) is 5.25. The molecule has 1 aliphatic heterocycles. The molecule has 9 heteroatoms. The first-order chi connectivity index (χ1) is 16.0. The highest BCUT2D eigenvalue weighted by atomic mass is 16.6. The van der Waals surface area contributed by atoms with Crippen molar-refractivity contribution in [3.63, 3.8) is 0 Å². The molecule has 9 nitrogen and oxygen atoms in total. The van der Waals surface area contributed by atoms with Crippen molar-refractivity contribution in [3.05, 3.63) is 70.5 Å². The van der Waals surface area contributed by atoms with Gasteiger partial charge in [-0.05, 0) is 42.8 Å². The normalized spacial score (nSPS) is 13.9. The summed E-state index contributed by atoms with van der Waals surface area (Å²) >= 11 is 0. The van der Waals surface area contributed by atoms with E-state index in [1.165, 1.54) is 11.8 Å². The number of nitrogens with zero attached hydrogens (tertiary/aromatic N) is 5. The molecule has 4 aromatic rings. The highest BCUT2D eigenvalue weighted by Gasteiger charge is 2.17. The predicted molar refractivity (Wildman–Crippen MR) is 128 cm³/mol. The van der Waals surface area contributed by atoms with Crippen LogP contribution >= 0.6 is 0 Å². The van der Waals surface area contributed by atoms with Gasteiger partial charge in [0.1, 0.15) is 0 Å². The van der Waals surface area contributed by atoms with Crippen LogP contribution in [0.25, 0.3) is 22.2 Å². The van der Waals surface area contributed by atoms with E-state index in [0.717, 1.165) is 59.7 Å². The number of fused-ring (bicyclic) bond motifs is 1. The van der Waals surface area contributed by atoms with E-state index in [1.54, 1.807) is 18.3 Å². The summed E-state index contributed by atoms with van der Waals surface area (Å²) in [6.07, 6.45) is 3.74. The Labute approximate surface area is 190 Å². The molecule has 0 saturated carbocycles. The van der Waals surface area contributed by atoms with Crippen LogP contribution in [0.3, 0.4) is 0 Å². The van der Waals surface area contributed by atoms with E-state index in [0.29, 0.717) is 5.95 Å². The molecule has 1 N–H and O–H groups in total. The number of aryl methyl sites for hydroxylation is 2. The molecule has 2 aromatic carbocycles. The summed E-state index contributed by atoms with van der Waals surface area (Å²) in [7, 11) is 1.88. The number of non-ortho nitro benzene ring substituents is 1. The van der Waals surface area contributed by atoms with Gasteiger partial charge < -0.3 is 19.5 Å². The number of ether oxygens (including phenoxy) is 1. The maximum absolute atomic E-state index is 11.2. The third-order valence-corrected chi connectivity index (χ3v) is 5.91. The maximum Gasteiger partial charge on any atom is 0.271 e. The van der Waals surface area contributed by atoms with Crippen molar-refractivity contribution in [1.29, 1.82) is 0 Å². The fraction of sp³-hybridized carbons (Fsp3) is 0.250. The minimum atomic E-state index is -0.381. The number of hydrogen-bond donors (Lipinski definition) is 1. The van der Waals surface area contributed by atoms with Crippen molar-refractivity contribution in [2.75, 3.05) is 36.5 Å². The average molecular weight is 444 g/mol. The summed E-state index contributed by atoms with van der Waals surface area (Å²) in [5.41, 5.74) is 5.54. The zero-order valence-electron chi connectivity index (χ0n) is 18.5. The lowest BCUT2D eigenvalue weighted by atomic mass is 10.1. The van der Waals surface area contributed by atoms with Gasteiger partial charge in [0.05, 0.1) is 29.3 Å². The molecule has 1 saturated heterocycles. The molecule has 2 aromatic heterocycles. The number of hydrogen-bond acceptors (Lipinski definition) is 7. The molecule has 0 aliphatic carbocycles. The van der Waals surface area contributed by atoms with Crippen LogP contribution in [-0.4, -0.2) is 45.8 Å². The number of anilines is 3. The van der Waals surface area contributed by atoms with Gasteiger partial charge in [-0.1, -0.05) is 0 Å². The van der Waals surface area contributed by atoms with Gasteiger partial charge in [0.25, 0.3) is 5.69 Å². The van der Waals surface area contributed by atoms with E-state index in [2.05, 4.69) is 27.3 Å². The van der Waals surface area contributed by atoms with Crippen LogP contribution in [0.1, 0.15) is 5.56 Å². The molecule has 0 amide bonds. The number of nitro benzene ring substituents is 1. The van der Waals surface area contributed by atoms with Crippen molar-refractivity contribution >= 4 is 33.9 Å². The third-order valence-electron chi connectivity index (χ3n) is 5.91. The standard InChI is InChI=1S/C24H24N6O3/c1-16-14-25-24(26-17-3-5-18(6-4-17)29-9-11-33-12-10-29)27-23(16)21-15-28(2)22-13-19(30(31)32)7-8-20(21)22/h3-8,13-15H,9-12H2,1-2H3,(H,25,26,27). The minimum absolute atomic E-state index is 0.0672. The smallest absolute Gasteiger partial charge is 0.271 e. The van der Waals surface area contributed by atoms with Crippen LogP contribution in [0, 0.1) is 17.0 Å². The average Bonchev–Trinajstić information content (AvgIpc) is 3.17. The van der Waals surface area contributed by atoms with Crippen molar-refractivity contribution in [1.82, 2.24) is 14.5 Å². The molecule has 0 radical (unpaired) electrons. The molecule has 1 fully saturated rings. The van der Waals surface area contributed by atoms with E-state index in [-0.39, 0.29) is 10.6 Å². The predicted octanol–water partition coefficient (Wildman–Crippen LogP) is 4.43. The maximum atomic E-state index is 11.2. The summed E-state index contributed by atoms with van der Waals surface area (Å²) in [5.74, 6) is 0.494. The Morgan fingerprint density at radius 1 is 1.12 bits per heavy atom. The van der Waals surface area contributed by atoms with Gasteiger partial charge in [0.15, 0.2) is 0 Å². The van der Waals surface area contributed by atoms with Gasteiger partial charge in [0, 0.05) is 67.0 Å². The Kier molecular flexibility index (Phi) is 5.39. The summed E-state index contributed by atoms with van der Waals surface area (Å²) in [5, 5.41) is 15.4. The van der Waals surface area contributed by atoms with Gasteiger partial charge in [0.2, 0.25) is 5.95 Å². The zero-order valence-corrected chi connectivity index (χ0v) is 18.5. The number of nitrogens with one attached hydrogen (secondary N) is 1. The second-order valence-corrected chi connectivity index (χ2v) is 8.11. The van der Waals surface area contributed by atoms with Gasteiger partial charge >= 0.3 is 0 Å². The SMILES string of the molecule is Cc1cnc(Nc2ccc(N3CCOCC3)cc2)nc1-c1cn(C)c2cc([N+](=O)[O-])ccc12. The van der Waals surface area contributed by atoms with Crippen LogP contribution in [-0.2, 0) is 11.8 Å². The first kappa shape index (κ1) is 20.9. The zero-order chi connectivity index (χ0) is 22.9. The lowest BCUT2D eigenvalue weighted by molar-refractivity contribution is -0.384. The number of nitro groups is 1. The van der Waals surface area contributed by atoms with Gasteiger partial charge in [-0.3, -0.25) is 10.1 Å². The molecule has 0 atom stereocenters. The Morgan fingerprint density at radius 3 is 2.61 bits per heavy atom. The fourth-order valence-electron chi connectivity index (χ4n) is 4.16. The fourth-order valence-corrected chi connectivity index (χ4v) is 4.16. The van der Waals surface area contributed by atoms with Crippen LogP contribution < -0.4 is 10.2 Å². The summed E-state index contributed by atoms with van der Waals surface area (Å²) < 4.78 is 7.31. The highest BCUT2D eigenvalue weighted by molar-refractivity contribution is 5.97. The topological polar surface area (TPSA) is 98.3 Å². The van der Waals surface area contributed by atoms with Crippen molar-refractivity contribution in [3.8, 4) is 11.3 Å². The second kappa shape index (κ2) is 8.51. The molecule has 168 valence electrons. The van der Waals surface area contributed by atoms with E-state index in [9.17, 15) is 10.1 Å². The minimum Gasteiger partial charge on any atom is -0.378 e. The Hall–Kier alpha value is -3.98. The number of aromatic nitrogens is 3. The quantitative estimate of drug-likeness (QED) is 0.359. The molecule has 0 bridgehead atoms. The third kappa shape index (κ3) is 4.10. The van der Waals surface area contributed by atoms with Gasteiger partial charge in [-0.15, -0.1) is 0 Å². The number of rotatable bonds is 5. The van der Waals surface area contributed by atoms with Gasteiger partial charge in [-0.2, -0.15) is 0 Å². The lowest BCUT2D eigenvalue weighted by Crippen LogP contribution is -2.36. The monoisotopic (exact) mass is 444 g/mol. The Morgan fingerprint density at radius 2 is 1.88 bits per heavy atom. The van der Waals surface area contributed by atoms with Crippen LogP contribution in [0.2, 0.25) is 0 Å².